The summed E-state index contributed by atoms with van der Waals surface area (Å²) in [4.78, 5) is 31.4. The van der Waals surface area contributed by atoms with Crippen LogP contribution in [0.3, 0.4) is 0 Å². The molecule has 0 saturated carbocycles. The number of carbonyl (C=O) groups is 2. The van der Waals surface area contributed by atoms with Gasteiger partial charge in [-0.3, -0.25) is 4.79 Å². The minimum Gasteiger partial charge on any atom is -0.348 e. The van der Waals surface area contributed by atoms with Gasteiger partial charge in [-0.25, -0.2) is 4.98 Å². The molecule has 2 N–H and O–H groups in total. The third kappa shape index (κ3) is 6.71. The van der Waals surface area contributed by atoms with E-state index in [0.717, 1.165) is 36.8 Å². The SMILES string of the molecule is O=CC(Cc1cnc[nH]1)NC(=O)C(CCCc1ccccc1)Cc1ccccc1. The standard InChI is InChI=1S/C24H27N3O2/c28-17-23(15-22-16-25-18-26-22)27-24(29)21(14-20-10-5-2-6-11-20)13-7-12-19-8-3-1-4-9-19/h1-6,8-11,16-18,21,23H,7,12-15H2,(H,25,26)(H,27,29). The molecule has 3 aromatic rings. The van der Waals surface area contributed by atoms with Crippen molar-refractivity contribution in [2.75, 3.05) is 0 Å². The Morgan fingerprint density at radius 2 is 1.69 bits per heavy atom. The Morgan fingerprint density at radius 3 is 2.31 bits per heavy atom. The van der Waals surface area contributed by atoms with E-state index in [2.05, 4.69) is 27.4 Å². The van der Waals surface area contributed by atoms with Crippen LogP contribution in [-0.4, -0.2) is 28.2 Å². The summed E-state index contributed by atoms with van der Waals surface area (Å²) in [6, 6.07) is 19.8. The van der Waals surface area contributed by atoms with E-state index in [1.165, 1.54) is 5.56 Å². The van der Waals surface area contributed by atoms with Gasteiger partial charge in [0.2, 0.25) is 5.91 Å². The Hall–Kier alpha value is -3.21. The minimum absolute atomic E-state index is 0.0708. The number of nitrogens with zero attached hydrogens (tertiary/aromatic N) is 1. The van der Waals surface area contributed by atoms with Crippen molar-refractivity contribution in [1.82, 2.24) is 15.3 Å². The smallest absolute Gasteiger partial charge is 0.224 e. The van der Waals surface area contributed by atoms with Crippen molar-refractivity contribution < 1.29 is 9.59 Å². The topological polar surface area (TPSA) is 74.8 Å². The van der Waals surface area contributed by atoms with Crippen LogP contribution in [0.2, 0.25) is 0 Å². The minimum atomic E-state index is -0.560. The number of rotatable bonds is 11. The molecule has 0 bridgehead atoms. The molecule has 5 nitrogen and oxygen atoms in total. The van der Waals surface area contributed by atoms with Gasteiger partial charge in [-0.2, -0.15) is 0 Å². The van der Waals surface area contributed by atoms with Crippen molar-refractivity contribution in [2.45, 2.75) is 38.1 Å². The number of carbonyl (C=O) groups excluding carboxylic acids is 2. The lowest BCUT2D eigenvalue weighted by atomic mass is 9.92. The largest absolute Gasteiger partial charge is 0.348 e. The van der Waals surface area contributed by atoms with E-state index in [0.29, 0.717) is 12.8 Å². The third-order valence-corrected chi connectivity index (χ3v) is 5.04. The molecule has 0 saturated heterocycles. The Labute approximate surface area is 171 Å². The van der Waals surface area contributed by atoms with Crippen LogP contribution in [0.4, 0.5) is 0 Å². The maximum absolute atomic E-state index is 13.0. The number of H-pyrrole nitrogens is 1. The summed E-state index contributed by atoms with van der Waals surface area (Å²) in [7, 11) is 0. The number of aldehydes is 1. The van der Waals surface area contributed by atoms with Crippen LogP contribution < -0.4 is 5.32 Å². The van der Waals surface area contributed by atoms with Crippen molar-refractivity contribution in [3.05, 3.63) is 90.0 Å². The first-order valence-electron chi connectivity index (χ1n) is 10.1. The Kier molecular flexibility index (Phi) is 7.75. The van der Waals surface area contributed by atoms with E-state index in [-0.39, 0.29) is 11.8 Å². The van der Waals surface area contributed by atoms with Crippen LogP contribution in [0.1, 0.15) is 29.7 Å². The average molecular weight is 389 g/mol. The molecule has 5 heteroatoms. The van der Waals surface area contributed by atoms with E-state index in [1.807, 2.05) is 48.5 Å². The quantitative estimate of drug-likeness (QED) is 0.493. The van der Waals surface area contributed by atoms with E-state index < -0.39 is 6.04 Å². The van der Waals surface area contributed by atoms with Crippen LogP contribution in [0.25, 0.3) is 0 Å². The molecule has 1 heterocycles. The monoisotopic (exact) mass is 389 g/mol. The predicted octanol–water partition coefficient (Wildman–Crippen LogP) is 3.52. The fourth-order valence-electron chi connectivity index (χ4n) is 3.49. The number of benzene rings is 2. The first-order chi connectivity index (χ1) is 14.2. The lowest BCUT2D eigenvalue weighted by Crippen LogP contribution is -2.41. The highest BCUT2D eigenvalue weighted by Crippen LogP contribution is 2.17. The second-order valence-corrected chi connectivity index (χ2v) is 7.30. The summed E-state index contributed by atoms with van der Waals surface area (Å²) < 4.78 is 0. The zero-order chi connectivity index (χ0) is 20.3. The van der Waals surface area contributed by atoms with Crippen molar-refractivity contribution in [2.24, 2.45) is 5.92 Å². The number of imidazole rings is 1. The first-order valence-corrected chi connectivity index (χ1v) is 10.1. The Balaban J connectivity index is 1.62. The number of aromatic nitrogens is 2. The summed E-state index contributed by atoms with van der Waals surface area (Å²) in [5.41, 5.74) is 3.23. The van der Waals surface area contributed by atoms with Gasteiger partial charge in [0.15, 0.2) is 0 Å². The normalized spacial score (nSPS) is 12.8. The van der Waals surface area contributed by atoms with Crippen LogP contribution in [0.5, 0.6) is 0 Å². The second kappa shape index (κ2) is 11.0. The summed E-state index contributed by atoms with van der Waals surface area (Å²) in [5, 5.41) is 2.92. The van der Waals surface area contributed by atoms with Gasteiger partial charge in [-0.15, -0.1) is 0 Å². The number of hydrogen-bond acceptors (Lipinski definition) is 3. The first kappa shape index (κ1) is 20.5. The molecule has 2 unspecified atom stereocenters. The summed E-state index contributed by atoms with van der Waals surface area (Å²) in [6.07, 6.45) is 7.73. The zero-order valence-corrected chi connectivity index (χ0v) is 16.5. The van der Waals surface area contributed by atoms with Gasteiger partial charge in [0.25, 0.3) is 0 Å². The van der Waals surface area contributed by atoms with Crippen LogP contribution >= 0.6 is 0 Å². The Morgan fingerprint density at radius 1 is 1.00 bits per heavy atom. The molecule has 0 spiro atoms. The van der Waals surface area contributed by atoms with Crippen LogP contribution in [0.15, 0.2) is 73.2 Å². The van der Waals surface area contributed by atoms with E-state index in [9.17, 15) is 9.59 Å². The highest BCUT2D eigenvalue weighted by atomic mass is 16.2. The summed E-state index contributed by atoms with van der Waals surface area (Å²) in [6.45, 7) is 0. The number of amides is 1. The predicted molar refractivity (Wildman–Crippen MR) is 113 cm³/mol. The highest BCUT2D eigenvalue weighted by Gasteiger charge is 2.22. The molecule has 0 fully saturated rings. The molecule has 2 atom stereocenters. The lowest BCUT2D eigenvalue weighted by molar-refractivity contribution is -0.127. The van der Waals surface area contributed by atoms with Gasteiger partial charge in [0.1, 0.15) is 6.29 Å². The van der Waals surface area contributed by atoms with Crippen molar-refractivity contribution in [1.29, 1.82) is 0 Å². The molecule has 3 rings (SSSR count). The molecule has 150 valence electrons. The summed E-state index contributed by atoms with van der Waals surface area (Å²) >= 11 is 0. The third-order valence-electron chi connectivity index (χ3n) is 5.04. The van der Waals surface area contributed by atoms with Gasteiger partial charge in [0, 0.05) is 24.2 Å². The maximum atomic E-state index is 13.0. The van der Waals surface area contributed by atoms with Crippen LogP contribution in [0, 0.1) is 5.92 Å². The molecular weight excluding hydrogens is 362 g/mol. The Bertz CT molecular complexity index is 864. The molecule has 29 heavy (non-hydrogen) atoms. The average Bonchev–Trinajstić information content (AvgIpc) is 3.27. The lowest BCUT2D eigenvalue weighted by Gasteiger charge is -2.20. The summed E-state index contributed by atoms with van der Waals surface area (Å²) in [5.74, 6) is -0.246. The molecule has 0 aliphatic rings. The maximum Gasteiger partial charge on any atom is 0.224 e. The molecule has 1 aromatic heterocycles. The fourth-order valence-corrected chi connectivity index (χ4v) is 3.49. The van der Waals surface area contributed by atoms with Gasteiger partial charge < -0.3 is 15.1 Å². The second-order valence-electron chi connectivity index (χ2n) is 7.30. The fraction of sp³-hybridized carbons (Fsp3) is 0.292. The molecular formula is C24H27N3O2. The van der Waals surface area contributed by atoms with E-state index in [1.54, 1.807) is 12.5 Å². The van der Waals surface area contributed by atoms with Crippen LogP contribution in [-0.2, 0) is 28.9 Å². The van der Waals surface area contributed by atoms with Crippen molar-refractivity contribution >= 4 is 12.2 Å². The molecule has 0 aliphatic carbocycles. The number of nitrogens with one attached hydrogen (secondary N) is 2. The number of aromatic amines is 1. The van der Waals surface area contributed by atoms with E-state index >= 15 is 0 Å². The number of aryl methyl sites for hydroxylation is 1. The molecule has 0 aliphatic heterocycles. The molecule has 0 radical (unpaired) electrons. The molecule has 2 aromatic carbocycles. The number of hydrogen-bond donors (Lipinski definition) is 2. The highest BCUT2D eigenvalue weighted by molar-refractivity contribution is 5.82. The van der Waals surface area contributed by atoms with E-state index in [4.69, 9.17) is 0 Å². The van der Waals surface area contributed by atoms with Gasteiger partial charge in [-0.1, -0.05) is 60.7 Å². The van der Waals surface area contributed by atoms with Crippen molar-refractivity contribution in [3.63, 3.8) is 0 Å². The van der Waals surface area contributed by atoms with Gasteiger partial charge >= 0.3 is 0 Å². The van der Waals surface area contributed by atoms with Gasteiger partial charge in [0.05, 0.1) is 12.4 Å². The zero-order valence-electron chi connectivity index (χ0n) is 16.5. The molecule has 1 amide bonds. The van der Waals surface area contributed by atoms with Gasteiger partial charge in [-0.05, 0) is 36.8 Å². The van der Waals surface area contributed by atoms with Crippen molar-refractivity contribution in [3.8, 4) is 0 Å².